The summed E-state index contributed by atoms with van der Waals surface area (Å²) in [6.45, 7) is 0.306. The largest absolute Gasteiger partial charge is 0.346 e. The van der Waals surface area contributed by atoms with Crippen LogP contribution in [-0.2, 0) is 6.54 Å². The number of hydrogen-bond acceptors (Lipinski definition) is 5. The summed E-state index contributed by atoms with van der Waals surface area (Å²) < 4.78 is 3.12. The fraction of sp³-hybridized carbons (Fsp3) is 0.263. The zero-order valence-electron chi connectivity index (χ0n) is 14.4. The lowest BCUT2D eigenvalue weighted by Crippen LogP contribution is -2.35. The van der Waals surface area contributed by atoms with Crippen molar-refractivity contribution in [1.82, 2.24) is 19.2 Å². The Kier molecular flexibility index (Phi) is 3.61. The molecule has 0 saturated heterocycles. The molecule has 136 valence electrons. The van der Waals surface area contributed by atoms with Crippen LogP contribution in [0.5, 0.6) is 0 Å². The van der Waals surface area contributed by atoms with Crippen LogP contribution < -0.4 is 5.69 Å². The molecule has 8 heteroatoms. The van der Waals surface area contributed by atoms with Crippen LogP contribution in [0.25, 0.3) is 10.7 Å². The van der Waals surface area contributed by atoms with Gasteiger partial charge in [0.05, 0.1) is 22.5 Å². The summed E-state index contributed by atoms with van der Waals surface area (Å²) in [6.07, 6.45) is 1.95. The van der Waals surface area contributed by atoms with Crippen molar-refractivity contribution < 1.29 is 9.59 Å². The van der Waals surface area contributed by atoms with Crippen LogP contribution in [0.4, 0.5) is 0 Å². The molecule has 1 aliphatic heterocycles. The van der Waals surface area contributed by atoms with Crippen LogP contribution in [0, 0.1) is 0 Å². The summed E-state index contributed by atoms with van der Waals surface area (Å²) in [7, 11) is 0. The first-order valence-electron chi connectivity index (χ1n) is 8.83. The van der Waals surface area contributed by atoms with Crippen LogP contribution in [0.3, 0.4) is 0 Å². The second-order valence-corrected chi connectivity index (χ2v) is 7.66. The third-order valence-electron chi connectivity index (χ3n) is 4.94. The van der Waals surface area contributed by atoms with Gasteiger partial charge >= 0.3 is 5.69 Å². The molecule has 1 fully saturated rings. The fourth-order valence-electron chi connectivity index (χ4n) is 3.44. The summed E-state index contributed by atoms with van der Waals surface area (Å²) in [5.74, 6) is 0.0346. The van der Waals surface area contributed by atoms with Crippen LogP contribution in [0.1, 0.15) is 39.6 Å². The second kappa shape index (κ2) is 6.02. The molecular weight excluding hydrogens is 364 g/mol. The molecule has 0 spiro atoms. The summed E-state index contributed by atoms with van der Waals surface area (Å²) in [5.41, 5.74) is 0.646. The molecule has 7 nitrogen and oxygen atoms in total. The highest BCUT2D eigenvalue weighted by Crippen LogP contribution is 2.37. The van der Waals surface area contributed by atoms with Crippen LogP contribution >= 0.6 is 11.3 Å². The van der Waals surface area contributed by atoms with E-state index < -0.39 is 0 Å². The van der Waals surface area contributed by atoms with Gasteiger partial charge in [0.25, 0.3) is 11.8 Å². The number of nitrogens with zero attached hydrogens (tertiary/aromatic N) is 4. The Balaban J connectivity index is 1.43. The van der Waals surface area contributed by atoms with E-state index in [-0.39, 0.29) is 36.6 Å². The minimum Gasteiger partial charge on any atom is -0.272 e. The van der Waals surface area contributed by atoms with Crippen molar-refractivity contribution in [3.63, 3.8) is 0 Å². The standard InChI is InChI=1S/C19H16N4O3S/c24-17-13-4-1-2-5-14(13)18(25)21(17)9-10-22-19(26)23(12-7-8-12)16(20-22)15-6-3-11-27-15/h1-6,11-12H,7-10H2. The zero-order chi connectivity index (χ0) is 18.5. The number of fused-ring (bicyclic) bond motifs is 1. The maximum atomic E-state index is 12.8. The van der Waals surface area contributed by atoms with E-state index >= 15 is 0 Å². The number of aromatic nitrogens is 3. The number of imide groups is 1. The van der Waals surface area contributed by atoms with Gasteiger partial charge in [0, 0.05) is 12.6 Å². The normalized spacial score (nSPS) is 16.2. The number of amides is 2. The lowest BCUT2D eigenvalue weighted by molar-refractivity contribution is 0.0647. The molecular formula is C19H16N4O3S. The minimum atomic E-state index is -0.316. The van der Waals surface area contributed by atoms with E-state index in [4.69, 9.17) is 0 Å². The third-order valence-corrected chi connectivity index (χ3v) is 5.80. The van der Waals surface area contributed by atoms with Gasteiger partial charge in [0.2, 0.25) is 0 Å². The summed E-state index contributed by atoms with van der Waals surface area (Å²) in [4.78, 5) is 39.9. The van der Waals surface area contributed by atoms with E-state index in [0.29, 0.717) is 17.0 Å². The quantitative estimate of drug-likeness (QED) is 0.637. The molecule has 1 saturated carbocycles. The molecule has 1 aromatic carbocycles. The Hall–Kier alpha value is -3.00. The summed E-state index contributed by atoms with van der Waals surface area (Å²) in [6, 6.07) is 10.9. The van der Waals surface area contributed by atoms with Crippen molar-refractivity contribution >= 4 is 23.2 Å². The molecule has 3 aromatic rings. The molecule has 2 amide bonds. The van der Waals surface area contributed by atoms with Gasteiger partial charge in [-0.1, -0.05) is 18.2 Å². The molecule has 0 unspecified atom stereocenters. The highest BCUT2D eigenvalue weighted by atomic mass is 32.1. The van der Waals surface area contributed by atoms with Crippen LogP contribution in [0.15, 0.2) is 46.6 Å². The maximum absolute atomic E-state index is 12.8. The van der Waals surface area contributed by atoms with Gasteiger partial charge in [-0.05, 0) is 36.4 Å². The average molecular weight is 380 g/mol. The lowest BCUT2D eigenvalue weighted by Gasteiger charge is -2.12. The molecule has 1 aliphatic carbocycles. The van der Waals surface area contributed by atoms with Gasteiger partial charge in [0.15, 0.2) is 5.82 Å². The van der Waals surface area contributed by atoms with Crippen LogP contribution in [-0.4, -0.2) is 37.6 Å². The number of carbonyl (C=O) groups is 2. The van der Waals surface area contributed by atoms with Gasteiger partial charge in [-0.25, -0.2) is 9.48 Å². The van der Waals surface area contributed by atoms with Crippen molar-refractivity contribution in [1.29, 1.82) is 0 Å². The monoisotopic (exact) mass is 380 g/mol. The second-order valence-electron chi connectivity index (χ2n) is 6.72. The zero-order valence-corrected chi connectivity index (χ0v) is 15.2. The fourth-order valence-corrected chi connectivity index (χ4v) is 4.14. The number of hydrogen-bond donors (Lipinski definition) is 0. The number of benzene rings is 1. The van der Waals surface area contributed by atoms with Gasteiger partial charge in [-0.2, -0.15) is 0 Å². The summed E-state index contributed by atoms with van der Waals surface area (Å²) >= 11 is 1.54. The van der Waals surface area contributed by atoms with Crippen molar-refractivity contribution in [2.24, 2.45) is 0 Å². The Morgan fingerprint density at radius 2 is 1.67 bits per heavy atom. The number of carbonyl (C=O) groups excluding carboxylic acids is 2. The summed E-state index contributed by atoms with van der Waals surface area (Å²) in [5, 5.41) is 6.46. The molecule has 3 heterocycles. The Morgan fingerprint density at radius 3 is 2.26 bits per heavy atom. The SMILES string of the molecule is O=C1c2ccccc2C(=O)N1CCn1nc(-c2cccs2)n(C2CC2)c1=O. The van der Waals surface area contributed by atoms with E-state index in [2.05, 4.69) is 5.10 Å². The van der Waals surface area contributed by atoms with Gasteiger partial charge in [0.1, 0.15) is 0 Å². The van der Waals surface area contributed by atoms with Gasteiger partial charge in [-0.3, -0.25) is 19.1 Å². The van der Waals surface area contributed by atoms with Crippen molar-refractivity contribution in [3.8, 4) is 10.7 Å². The predicted octanol–water partition coefficient (Wildman–Crippen LogP) is 2.40. The minimum absolute atomic E-state index is 0.123. The van der Waals surface area contributed by atoms with E-state index in [9.17, 15) is 14.4 Å². The molecule has 2 aromatic heterocycles. The Morgan fingerprint density at radius 1 is 0.963 bits per heavy atom. The number of thiophene rings is 1. The van der Waals surface area contributed by atoms with E-state index in [1.165, 1.54) is 20.9 Å². The molecule has 5 rings (SSSR count). The van der Waals surface area contributed by atoms with E-state index in [1.54, 1.807) is 28.8 Å². The third kappa shape index (κ3) is 2.56. The highest BCUT2D eigenvalue weighted by molar-refractivity contribution is 7.13. The van der Waals surface area contributed by atoms with Crippen molar-refractivity contribution in [2.75, 3.05) is 6.54 Å². The molecule has 0 atom stereocenters. The number of rotatable bonds is 5. The molecule has 2 aliphatic rings. The molecule has 0 radical (unpaired) electrons. The molecule has 27 heavy (non-hydrogen) atoms. The van der Waals surface area contributed by atoms with E-state index in [1.807, 2.05) is 17.5 Å². The maximum Gasteiger partial charge on any atom is 0.346 e. The van der Waals surface area contributed by atoms with Crippen molar-refractivity contribution in [3.05, 3.63) is 63.4 Å². The highest BCUT2D eigenvalue weighted by Gasteiger charge is 2.35. The van der Waals surface area contributed by atoms with Crippen molar-refractivity contribution in [2.45, 2.75) is 25.4 Å². The van der Waals surface area contributed by atoms with Gasteiger partial charge in [-0.15, -0.1) is 16.4 Å². The predicted molar refractivity (Wildman–Crippen MR) is 99.9 cm³/mol. The smallest absolute Gasteiger partial charge is 0.272 e. The molecule has 0 bridgehead atoms. The Labute approximate surface area is 158 Å². The Bertz CT molecular complexity index is 1070. The topological polar surface area (TPSA) is 77.2 Å². The first-order chi connectivity index (χ1) is 13.1. The van der Waals surface area contributed by atoms with Gasteiger partial charge < -0.3 is 0 Å². The first kappa shape index (κ1) is 16.2. The average Bonchev–Trinajstić information content (AvgIpc) is 3.16. The van der Waals surface area contributed by atoms with E-state index in [0.717, 1.165) is 17.7 Å². The lowest BCUT2D eigenvalue weighted by atomic mass is 10.1. The van der Waals surface area contributed by atoms with Crippen LogP contribution in [0.2, 0.25) is 0 Å². The molecule has 0 N–H and O–H groups in total. The first-order valence-corrected chi connectivity index (χ1v) is 9.71.